The van der Waals surface area contributed by atoms with Crippen LogP contribution in [-0.4, -0.2) is 40.9 Å². The SMILES string of the molecule is Cc1ccc(C)c(N2CCN(C(=O)Cn3sc4ccccc4c3=O)CC2)c1. The van der Waals surface area contributed by atoms with Gasteiger partial charge in [-0.15, -0.1) is 0 Å². The fourth-order valence-electron chi connectivity index (χ4n) is 3.60. The Bertz CT molecular complexity index is 1050. The lowest BCUT2D eigenvalue weighted by molar-refractivity contribution is -0.132. The molecule has 0 saturated carbocycles. The summed E-state index contributed by atoms with van der Waals surface area (Å²) in [5, 5.41) is 0.690. The molecule has 1 aromatic heterocycles. The molecule has 1 fully saturated rings. The normalized spacial score (nSPS) is 14.7. The molecular weight excluding hydrogens is 358 g/mol. The zero-order valence-electron chi connectivity index (χ0n) is 15.6. The molecule has 1 amide bonds. The predicted molar refractivity (Wildman–Crippen MR) is 111 cm³/mol. The van der Waals surface area contributed by atoms with Gasteiger partial charge in [0.15, 0.2) is 0 Å². The number of carbonyl (C=O) groups excluding carboxylic acids is 1. The molecule has 140 valence electrons. The van der Waals surface area contributed by atoms with Crippen LogP contribution < -0.4 is 10.5 Å². The van der Waals surface area contributed by atoms with Crippen LogP contribution in [0.5, 0.6) is 0 Å². The third kappa shape index (κ3) is 3.49. The van der Waals surface area contributed by atoms with Crippen LogP contribution in [-0.2, 0) is 11.3 Å². The molecule has 4 rings (SSSR count). The number of piperazine rings is 1. The maximum absolute atomic E-state index is 12.7. The molecule has 0 aliphatic carbocycles. The smallest absolute Gasteiger partial charge is 0.268 e. The summed E-state index contributed by atoms with van der Waals surface area (Å²) >= 11 is 1.36. The molecule has 27 heavy (non-hydrogen) atoms. The number of amides is 1. The Labute approximate surface area is 162 Å². The molecule has 0 bridgehead atoms. The number of aromatic nitrogens is 1. The van der Waals surface area contributed by atoms with Crippen molar-refractivity contribution in [2.24, 2.45) is 0 Å². The second-order valence-electron chi connectivity index (χ2n) is 7.09. The van der Waals surface area contributed by atoms with Gasteiger partial charge in [0, 0.05) is 31.9 Å². The molecule has 2 heterocycles. The van der Waals surface area contributed by atoms with Crippen molar-refractivity contribution in [2.45, 2.75) is 20.4 Å². The highest BCUT2D eigenvalue weighted by Crippen LogP contribution is 2.23. The molecule has 2 aromatic carbocycles. The fraction of sp³-hybridized carbons (Fsp3) is 0.333. The second kappa shape index (κ2) is 7.19. The van der Waals surface area contributed by atoms with E-state index in [1.807, 2.05) is 29.2 Å². The first kappa shape index (κ1) is 17.8. The maximum Gasteiger partial charge on any atom is 0.268 e. The Balaban J connectivity index is 1.43. The van der Waals surface area contributed by atoms with E-state index in [1.165, 1.54) is 28.3 Å². The minimum Gasteiger partial charge on any atom is -0.368 e. The van der Waals surface area contributed by atoms with Crippen LogP contribution in [0.4, 0.5) is 5.69 Å². The second-order valence-corrected chi connectivity index (χ2v) is 8.15. The molecule has 3 aromatic rings. The third-order valence-electron chi connectivity index (χ3n) is 5.17. The van der Waals surface area contributed by atoms with E-state index in [0.29, 0.717) is 18.5 Å². The molecule has 1 aliphatic heterocycles. The van der Waals surface area contributed by atoms with Gasteiger partial charge in [0.2, 0.25) is 5.91 Å². The van der Waals surface area contributed by atoms with Crippen LogP contribution in [0.15, 0.2) is 47.3 Å². The van der Waals surface area contributed by atoms with Crippen LogP contribution in [0.1, 0.15) is 11.1 Å². The predicted octanol–water partition coefficient (Wildman–Crippen LogP) is 3.03. The molecule has 0 unspecified atom stereocenters. The Morgan fingerprint density at radius 2 is 1.78 bits per heavy atom. The first-order valence-electron chi connectivity index (χ1n) is 9.22. The van der Waals surface area contributed by atoms with Crippen molar-refractivity contribution in [1.29, 1.82) is 0 Å². The van der Waals surface area contributed by atoms with E-state index >= 15 is 0 Å². The summed E-state index contributed by atoms with van der Waals surface area (Å²) in [6, 6.07) is 14.0. The van der Waals surface area contributed by atoms with E-state index in [1.54, 1.807) is 3.96 Å². The summed E-state index contributed by atoms with van der Waals surface area (Å²) in [5.74, 6) is 0.0178. The molecule has 5 nitrogen and oxygen atoms in total. The molecular formula is C21H23N3O2S. The van der Waals surface area contributed by atoms with Gasteiger partial charge in [-0.25, -0.2) is 0 Å². The van der Waals surface area contributed by atoms with Crippen LogP contribution in [0, 0.1) is 13.8 Å². The summed E-state index contributed by atoms with van der Waals surface area (Å²) in [6.45, 7) is 7.36. The summed E-state index contributed by atoms with van der Waals surface area (Å²) in [5.41, 5.74) is 3.69. The van der Waals surface area contributed by atoms with Crippen LogP contribution in [0.2, 0.25) is 0 Å². The number of carbonyl (C=O) groups is 1. The molecule has 6 heteroatoms. The summed E-state index contributed by atoms with van der Waals surface area (Å²) in [4.78, 5) is 29.4. The average Bonchev–Trinajstić information content (AvgIpc) is 3.00. The minimum absolute atomic E-state index is 0.0178. The number of benzene rings is 2. The molecule has 0 N–H and O–H groups in total. The number of fused-ring (bicyclic) bond motifs is 1. The first-order chi connectivity index (χ1) is 13.0. The fourth-order valence-corrected chi connectivity index (χ4v) is 4.59. The van der Waals surface area contributed by atoms with Crippen LogP contribution in [0.3, 0.4) is 0 Å². The van der Waals surface area contributed by atoms with E-state index in [9.17, 15) is 9.59 Å². The lowest BCUT2D eigenvalue weighted by Gasteiger charge is -2.37. The van der Waals surface area contributed by atoms with Crippen molar-refractivity contribution in [2.75, 3.05) is 31.1 Å². The van der Waals surface area contributed by atoms with Gasteiger partial charge in [0.05, 0.1) is 10.1 Å². The van der Waals surface area contributed by atoms with Crippen LogP contribution in [0.25, 0.3) is 10.1 Å². The zero-order valence-corrected chi connectivity index (χ0v) is 16.5. The van der Waals surface area contributed by atoms with Crippen molar-refractivity contribution in [3.63, 3.8) is 0 Å². The number of hydrogen-bond donors (Lipinski definition) is 0. The topological polar surface area (TPSA) is 45.5 Å². The van der Waals surface area contributed by atoms with Crippen molar-refractivity contribution < 1.29 is 4.79 Å². The van der Waals surface area contributed by atoms with Crippen molar-refractivity contribution in [3.05, 3.63) is 63.9 Å². The molecule has 0 radical (unpaired) electrons. The van der Waals surface area contributed by atoms with Gasteiger partial charge in [0.1, 0.15) is 6.54 Å². The van der Waals surface area contributed by atoms with Gasteiger partial charge in [-0.1, -0.05) is 35.8 Å². The molecule has 0 atom stereocenters. The number of anilines is 1. The average molecular weight is 382 g/mol. The number of aryl methyl sites for hydroxylation is 2. The van der Waals surface area contributed by atoms with Gasteiger partial charge in [-0.3, -0.25) is 13.5 Å². The van der Waals surface area contributed by atoms with Crippen molar-refractivity contribution in [3.8, 4) is 0 Å². The van der Waals surface area contributed by atoms with Gasteiger partial charge in [0.25, 0.3) is 5.56 Å². The largest absolute Gasteiger partial charge is 0.368 e. The standard InChI is InChI=1S/C21H23N3O2S/c1-15-7-8-16(2)18(13-15)22-9-11-23(12-10-22)20(25)14-24-21(26)17-5-3-4-6-19(17)27-24/h3-8,13H,9-12,14H2,1-2H3. The molecule has 1 saturated heterocycles. The summed E-state index contributed by atoms with van der Waals surface area (Å²) in [7, 11) is 0. The zero-order chi connectivity index (χ0) is 19.0. The van der Waals surface area contributed by atoms with Gasteiger partial charge in [-0.05, 0) is 43.2 Å². The Morgan fingerprint density at radius 1 is 1.04 bits per heavy atom. The van der Waals surface area contributed by atoms with E-state index in [2.05, 4.69) is 36.9 Å². The lowest BCUT2D eigenvalue weighted by Crippen LogP contribution is -2.50. The maximum atomic E-state index is 12.7. The van der Waals surface area contributed by atoms with Gasteiger partial charge < -0.3 is 9.80 Å². The summed E-state index contributed by atoms with van der Waals surface area (Å²) < 4.78 is 2.50. The van der Waals surface area contributed by atoms with Crippen molar-refractivity contribution in [1.82, 2.24) is 8.86 Å². The van der Waals surface area contributed by atoms with Gasteiger partial charge in [-0.2, -0.15) is 0 Å². The minimum atomic E-state index is -0.0713. The molecule has 1 aliphatic rings. The number of hydrogen-bond acceptors (Lipinski definition) is 4. The highest BCUT2D eigenvalue weighted by atomic mass is 32.1. The van der Waals surface area contributed by atoms with E-state index in [0.717, 1.165) is 17.8 Å². The third-order valence-corrected chi connectivity index (χ3v) is 6.24. The Kier molecular flexibility index (Phi) is 4.74. The van der Waals surface area contributed by atoms with Crippen LogP contribution >= 0.6 is 11.5 Å². The molecule has 0 spiro atoms. The lowest BCUT2D eigenvalue weighted by atomic mass is 10.1. The summed E-state index contributed by atoms with van der Waals surface area (Å²) in [6.07, 6.45) is 0. The Hall–Kier alpha value is -2.60. The number of nitrogens with zero attached hydrogens (tertiary/aromatic N) is 3. The van der Waals surface area contributed by atoms with Gasteiger partial charge >= 0.3 is 0 Å². The Morgan fingerprint density at radius 3 is 2.52 bits per heavy atom. The van der Waals surface area contributed by atoms with E-state index in [-0.39, 0.29) is 18.0 Å². The monoisotopic (exact) mass is 381 g/mol. The first-order valence-corrected chi connectivity index (χ1v) is 9.99. The van der Waals surface area contributed by atoms with Crippen molar-refractivity contribution >= 4 is 33.2 Å². The quantitative estimate of drug-likeness (QED) is 0.701. The number of rotatable bonds is 3. The highest BCUT2D eigenvalue weighted by Gasteiger charge is 2.23. The van der Waals surface area contributed by atoms with E-state index in [4.69, 9.17) is 0 Å². The highest BCUT2D eigenvalue weighted by molar-refractivity contribution is 7.13. The van der Waals surface area contributed by atoms with E-state index < -0.39 is 0 Å².